The molecule has 0 aromatic carbocycles. The van der Waals surface area contributed by atoms with Crippen molar-refractivity contribution >= 4 is 5.82 Å². The number of nitrogens with two attached hydrogens (primary N) is 1. The Bertz CT molecular complexity index is 903. The van der Waals surface area contributed by atoms with E-state index < -0.39 is 18.2 Å². The number of halogens is 3. The van der Waals surface area contributed by atoms with Gasteiger partial charge < -0.3 is 20.1 Å². The zero-order valence-electron chi connectivity index (χ0n) is 15.1. The Labute approximate surface area is 159 Å². The molecule has 0 amide bonds. The van der Waals surface area contributed by atoms with Crippen LogP contribution in [0.5, 0.6) is 5.75 Å². The summed E-state index contributed by atoms with van der Waals surface area (Å²) < 4.78 is 43.9. The molecule has 0 radical (unpaired) electrons. The topological polar surface area (TPSA) is 86.2 Å². The van der Waals surface area contributed by atoms with Crippen LogP contribution < -0.4 is 10.5 Å². The van der Waals surface area contributed by atoms with E-state index in [0.29, 0.717) is 29.0 Å². The highest BCUT2D eigenvalue weighted by molar-refractivity contribution is 5.64. The minimum atomic E-state index is -4.86. The highest BCUT2D eigenvalue weighted by Crippen LogP contribution is 2.56. The molecule has 9 heteroatoms. The number of ether oxygens (including phenoxy) is 1. The van der Waals surface area contributed by atoms with E-state index in [0.717, 1.165) is 25.2 Å². The molecule has 0 saturated heterocycles. The van der Waals surface area contributed by atoms with Crippen LogP contribution in [0.3, 0.4) is 0 Å². The summed E-state index contributed by atoms with van der Waals surface area (Å²) >= 11 is 0. The van der Waals surface area contributed by atoms with Crippen LogP contribution in [-0.4, -0.2) is 26.0 Å². The molecule has 4 aliphatic rings. The van der Waals surface area contributed by atoms with Crippen molar-refractivity contribution < 1.29 is 23.0 Å². The Morgan fingerprint density at radius 2 is 2.00 bits per heavy atom. The fourth-order valence-electron chi connectivity index (χ4n) is 4.62. The lowest BCUT2D eigenvalue weighted by molar-refractivity contribution is -0.274. The number of aliphatic hydroxyl groups excluding tert-OH is 1. The molecule has 4 saturated carbocycles. The number of nitrogens with zero attached hydrogens (tertiary/aromatic N) is 3. The van der Waals surface area contributed by atoms with Crippen LogP contribution in [0.4, 0.5) is 19.0 Å². The van der Waals surface area contributed by atoms with Crippen LogP contribution in [0.25, 0.3) is 11.3 Å². The molecule has 2 bridgehead atoms. The van der Waals surface area contributed by atoms with Crippen molar-refractivity contribution in [1.29, 1.82) is 0 Å². The molecule has 3 N–H and O–H groups in total. The molecular weight excluding hydrogens is 373 g/mol. The normalized spacial score (nSPS) is 27.5. The number of fused-ring (bicyclic) bond motifs is 1. The van der Waals surface area contributed by atoms with Gasteiger partial charge in [0.05, 0.1) is 5.69 Å². The van der Waals surface area contributed by atoms with E-state index in [4.69, 9.17) is 5.73 Å². The fourth-order valence-corrected chi connectivity index (χ4v) is 4.62. The van der Waals surface area contributed by atoms with Gasteiger partial charge >= 0.3 is 6.36 Å². The first-order valence-corrected chi connectivity index (χ1v) is 9.57. The molecular formula is C19H21F3N4O2. The number of pyridine rings is 1. The first kappa shape index (κ1) is 17.8. The molecule has 4 fully saturated rings. The molecule has 2 atom stereocenters. The van der Waals surface area contributed by atoms with Gasteiger partial charge in [-0.2, -0.15) is 0 Å². The number of rotatable bonds is 5. The Morgan fingerprint density at radius 1 is 1.25 bits per heavy atom. The number of nitrogen functional groups attached to an aromatic ring is 1. The maximum atomic E-state index is 12.6. The standard InChI is InChI=1S/C19H21F3N4O2/c20-19(21,22)28-15-6-12(7-24-17(15)23)13-8-26(14-5-9-3-11(14)4-9)18(25-13)16(27)10-1-2-10/h6-11,14,16,27H,1-5H2,(H2,23,24)/t9?,11?,14-,16?/m0/s1. The second kappa shape index (κ2) is 6.10. The summed E-state index contributed by atoms with van der Waals surface area (Å²) in [5, 5.41) is 10.7. The first-order chi connectivity index (χ1) is 13.3. The van der Waals surface area contributed by atoms with Gasteiger partial charge in [-0.15, -0.1) is 13.2 Å². The van der Waals surface area contributed by atoms with Gasteiger partial charge in [0, 0.05) is 24.0 Å². The zero-order valence-corrected chi connectivity index (χ0v) is 15.1. The summed E-state index contributed by atoms with van der Waals surface area (Å²) in [6.45, 7) is 0. The third kappa shape index (κ3) is 3.11. The number of hydrogen-bond acceptors (Lipinski definition) is 5. The van der Waals surface area contributed by atoms with Gasteiger partial charge in [-0.25, -0.2) is 9.97 Å². The van der Waals surface area contributed by atoms with Crippen LogP contribution in [0.15, 0.2) is 18.5 Å². The summed E-state index contributed by atoms with van der Waals surface area (Å²) in [5.74, 6) is 1.24. The minimum absolute atomic E-state index is 0.207. The summed E-state index contributed by atoms with van der Waals surface area (Å²) in [4.78, 5) is 8.43. The van der Waals surface area contributed by atoms with Gasteiger partial charge in [0.25, 0.3) is 0 Å². The van der Waals surface area contributed by atoms with Crippen LogP contribution >= 0.6 is 0 Å². The van der Waals surface area contributed by atoms with Crippen LogP contribution in [0.1, 0.15) is 50.1 Å². The first-order valence-electron chi connectivity index (χ1n) is 9.57. The molecule has 2 heterocycles. The lowest BCUT2D eigenvalue weighted by Crippen LogP contribution is -2.19. The van der Waals surface area contributed by atoms with Crippen LogP contribution in [0, 0.1) is 17.8 Å². The molecule has 6 rings (SSSR count). The fraction of sp³-hybridized carbons (Fsp3) is 0.579. The zero-order chi connectivity index (χ0) is 19.6. The second-order valence-corrected chi connectivity index (χ2v) is 8.23. The minimum Gasteiger partial charge on any atom is -0.402 e. The van der Waals surface area contributed by atoms with Gasteiger partial charge in [-0.05, 0) is 55.9 Å². The summed E-state index contributed by atoms with van der Waals surface area (Å²) in [6, 6.07) is 1.49. The van der Waals surface area contributed by atoms with Crippen molar-refractivity contribution in [3.63, 3.8) is 0 Å². The number of anilines is 1. The van der Waals surface area contributed by atoms with E-state index in [1.54, 1.807) is 0 Å². The highest BCUT2D eigenvalue weighted by Gasteiger charge is 2.47. The predicted octanol–water partition coefficient (Wildman–Crippen LogP) is 3.84. The van der Waals surface area contributed by atoms with Crippen molar-refractivity contribution in [2.24, 2.45) is 17.8 Å². The monoisotopic (exact) mass is 394 g/mol. The summed E-state index contributed by atoms with van der Waals surface area (Å²) in [5.41, 5.74) is 6.37. The lowest BCUT2D eigenvalue weighted by Gasteiger charge is -2.26. The largest absolute Gasteiger partial charge is 0.573 e. The van der Waals surface area contributed by atoms with Crippen LogP contribution in [0.2, 0.25) is 0 Å². The summed E-state index contributed by atoms with van der Waals surface area (Å²) in [6.07, 6.45) is 3.09. The molecule has 150 valence electrons. The molecule has 2 aromatic rings. The smallest absolute Gasteiger partial charge is 0.402 e. The maximum absolute atomic E-state index is 12.6. The molecule has 1 unspecified atom stereocenters. The van der Waals surface area contributed by atoms with Gasteiger partial charge in [-0.1, -0.05) is 0 Å². The third-order valence-corrected chi connectivity index (χ3v) is 6.25. The van der Waals surface area contributed by atoms with E-state index in [-0.39, 0.29) is 11.7 Å². The number of hydrogen-bond donors (Lipinski definition) is 2. The molecule has 0 spiro atoms. The van der Waals surface area contributed by atoms with E-state index in [9.17, 15) is 18.3 Å². The number of aromatic nitrogens is 3. The van der Waals surface area contributed by atoms with E-state index in [2.05, 4.69) is 19.3 Å². The highest BCUT2D eigenvalue weighted by atomic mass is 19.4. The van der Waals surface area contributed by atoms with Crippen LogP contribution in [-0.2, 0) is 0 Å². The average Bonchev–Trinajstić information content (AvgIpc) is 3.03. The maximum Gasteiger partial charge on any atom is 0.573 e. The SMILES string of the molecule is Nc1ncc(-c2cn([C@H]3CC4CC3C4)c(C(O)C3CC3)n2)cc1OC(F)(F)F. The Hall–Kier alpha value is -2.29. The molecule has 28 heavy (non-hydrogen) atoms. The third-order valence-electron chi connectivity index (χ3n) is 6.25. The van der Waals surface area contributed by atoms with Gasteiger partial charge in [0.15, 0.2) is 11.6 Å². The van der Waals surface area contributed by atoms with Gasteiger partial charge in [0.2, 0.25) is 0 Å². The summed E-state index contributed by atoms with van der Waals surface area (Å²) in [7, 11) is 0. The Morgan fingerprint density at radius 3 is 2.61 bits per heavy atom. The van der Waals surface area contributed by atoms with E-state index in [1.807, 2.05) is 6.20 Å². The second-order valence-electron chi connectivity index (χ2n) is 8.23. The number of alkyl halides is 3. The van der Waals surface area contributed by atoms with Crippen molar-refractivity contribution in [2.45, 2.75) is 50.6 Å². The van der Waals surface area contributed by atoms with Crippen molar-refractivity contribution in [3.8, 4) is 17.0 Å². The van der Waals surface area contributed by atoms with Gasteiger partial charge in [0.1, 0.15) is 11.9 Å². The number of aliphatic hydroxyl groups is 1. The Kier molecular flexibility index (Phi) is 3.88. The van der Waals surface area contributed by atoms with Crippen molar-refractivity contribution in [2.75, 3.05) is 5.73 Å². The quantitative estimate of drug-likeness (QED) is 0.805. The molecule has 6 nitrogen and oxygen atoms in total. The molecule has 2 aromatic heterocycles. The number of imidazole rings is 1. The molecule has 0 aliphatic heterocycles. The lowest BCUT2D eigenvalue weighted by atomic mass is 9.84. The van der Waals surface area contributed by atoms with Crippen molar-refractivity contribution in [3.05, 3.63) is 24.3 Å². The van der Waals surface area contributed by atoms with E-state index >= 15 is 0 Å². The average molecular weight is 394 g/mol. The Balaban J connectivity index is 1.52. The van der Waals surface area contributed by atoms with E-state index in [1.165, 1.54) is 25.1 Å². The molecule has 4 aliphatic carbocycles. The van der Waals surface area contributed by atoms with Gasteiger partial charge in [-0.3, -0.25) is 0 Å². The van der Waals surface area contributed by atoms with Crippen molar-refractivity contribution in [1.82, 2.24) is 14.5 Å². The predicted molar refractivity (Wildman–Crippen MR) is 94.1 cm³/mol.